The summed E-state index contributed by atoms with van der Waals surface area (Å²) in [6.07, 6.45) is 8.64. The molecule has 2 aromatic carbocycles. The Labute approximate surface area is 231 Å². The summed E-state index contributed by atoms with van der Waals surface area (Å²) in [7, 11) is 0. The highest BCUT2D eigenvalue weighted by Gasteiger charge is 2.51. The van der Waals surface area contributed by atoms with Crippen LogP contribution in [0.25, 0.3) is 0 Å². The molecule has 1 aliphatic heterocycles. The predicted octanol–water partition coefficient (Wildman–Crippen LogP) is 7.38. The SMILES string of the molecule is CC(C)N1C(=NC23CC4CC(CC(C4)C2)C3)SCC1CC(=O)Nc1ccc(Oc2ccccc2)cc1.Cl. The summed E-state index contributed by atoms with van der Waals surface area (Å²) in [5.74, 6) is 5.22. The minimum Gasteiger partial charge on any atom is -0.457 e. The van der Waals surface area contributed by atoms with Crippen molar-refractivity contribution in [1.82, 2.24) is 4.90 Å². The number of amides is 1. The minimum absolute atomic E-state index is 0. The second kappa shape index (κ2) is 10.9. The maximum absolute atomic E-state index is 13.0. The normalized spacial score (nSPS) is 31.0. The number of halogens is 1. The lowest BCUT2D eigenvalue weighted by molar-refractivity contribution is -0.117. The third-order valence-corrected chi connectivity index (χ3v) is 9.56. The summed E-state index contributed by atoms with van der Waals surface area (Å²) in [4.78, 5) is 21.0. The molecular formula is C30H38ClN3O2S. The molecule has 2 aromatic rings. The Morgan fingerprint density at radius 1 is 1.00 bits per heavy atom. The van der Waals surface area contributed by atoms with E-state index in [1.807, 2.05) is 66.4 Å². The van der Waals surface area contributed by atoms with Crippen LogP contribution in [0, 0.1) is 17.8 Å². The number of anilines is 1. The molecule has 37 heavy (non-hydrogen) atoms. The second-order valence-corrected chi connectivity index (χ2v) is 12.7. The van der Waals surface area contributed by atoms with Crippen LogP contribution < -0.4 is 10.1 Å². The molecule has 1 unspecified atom stereocenters. The summed E-state index contributed by atoms with van der Waals surface area (Å²) < 4.78 is 5.86. The van der Waals surface area contributed by atoms with E-state index >= 15 is 0 Å². The fourth-order valence-corrected chi connectivity index (χ4v) is 8.82. The standard InChI is InChI=1S/C30H37N3O2S.ClH/c1-20(2)33-25(19-36-29(33)32-30-16-21-12-22(17-30)14-23(13-21)18-30)15-28(34)31-24-8-10-27(11-9-24)35-26-6-4-3-5-7-26;/h3-11,20-23,25H,12-19H2,1-2H3,(H,31,34);1H. The van der Waals surface area contributed by atoms with E-state index in [1.54, 1.807) is 0 Å². The monoisotopic (exact) mass is 539 g/mol. The highest BCUT2D eigenvalue weighted by molar-refractivity contribution is 8.14. The summed E-state index contributed by atoms with van der Waals surface area (Å²) >= 11 is 1.87. The number of carbonyl (C=O) groups is 1. The van der Waals surface area contributed by atoms with E-state index in [1.165, 1.54) is 43.7 Å². The predicted molar refractivity (Wildman–Crippen MR) is 155 cm³/mol. The number of amidine groups is 1. The lowest BCUT2D eigenvalue weighted by atomic mass is 9.53. The first-order valence-electron chi connectivity index (χ1n) is 13.6. The van der Waals surface area contributed by atoms with Gasteiger partial charge in [0, 0.05) is 29.9 Å². The van der Waals surface area contributed by atoms with Crippen molar-refractivity contribution in [2.24, 2.45) is 22.7 Å². The van der Waals surface area contributed by atoms with Crippen LogP contribution in [0.2, 0.25) is 0 Å². The Hall–Kier alpha value is -2.18. The summed E-state index contributed by atoms with van der Waals surface area (Å²) in [5, 5.41) is 4.28. The maximum atomic E-state index is 13.0. The molecular weight excluding hydrogens is 502 g/mol. The average Bonchev–Trinajstić information content (AvgIpc) is 3.21. The van der Waals surface area contributed by atoms with Gasteiger partial charge in [0.2, 0.25) is 5.91 Å². The van der Waals surface area contributed by atoms with E-state index in [-0.39, 0.29) is 29.9 Å². The van der Waals surface area contributed by atoms with Gasteiger partial charge in [0.1, 0.15) is 11.5 Å². The van der Waals surface area contributed by atoms with Crippen molar-refractivity contribution in [3.8, 4) is 11.5 Å². The molecule has 7 heteroatoms. The Morgan fingerprint density at radius 3 is 2.19 bits per heavy atom. The van der Waals surface area contributed by atoms with Gasteiger partial charge >= 0.3 is 0 Å². The molecule has 0 radical (unpaired) electrons. The lowest BCUT2D eigenvalue weighted by Crippen LogP contribution is -2.50. The number of hydrogen-bond donors (Lipinski definition) is 1. The van der Waals surface area contributed by atoms with Gasteiger partial charge in [-0.15, -0.1) is 12.4 Å². The van der Waals surface area contributed by atoms with E-state index in [9.17, 15) is 4.79 Å². The number of hydrogen-bond acceptors (Lipinski definition) is 4. The molecule has 1 N–H and O–H groups in total. The largest absolute Gasteiger partial charge is 0.457 e. The number of nitrogens with one attached hydrogen (secondary N) is 1. The molecule has 1 amide bonds. The number of ether oxygens (including phenoxy) is 1. The molecule has 1 heterocycles. The van der Waals surface area contributed by atoms with Crippen LogP contribution in [0.4, 0.5) is 5.69 Å². The van der Waals surface area contributed by atoms with Gasteiger partial charge in [-0.2, -0.15) is 0 Å². The van der Waals surface area contributed by atoms with Gasteiger partial charge in [0.05, 0.1) is 5.54 Å². The molecule has 5 nitrogen and oxygen atoms in total. The molecule has 4 saturated carbocycles. The number of aliphatic imine (C=N–C) groups is 1. The van der Waals surface area contributed by atoms with Crippen LogP contribution in [0.5, 0.6) is 11.5 Å². The Bertz CT molecular complexity index is 1090. The Balaban J connectivity index is 0.00000280. The smallest absolute Gasteiger partial charge is 0.226 e. The quantitative estimate of drug-likeness (QED) is 0.399. The fourth-order valence-electron chi connectivity index (χ4n) is 7.43. The van der Waals surface area contributed by atoms with Crippen molar-refractivity contribution < 1.29 is 9.53 Å². The van der Waals surface area contributed by atoms with Crippen molar-refractivity contribution in [1.29, 1.82) is 0 Å². The van der Waals surface area contributed by atoms with Crippen LogP contribution in [-0.2, 0) is 4.79 Å². The molecule has 4 bridgehead atoms. The van der Waals surface area contributed by atoms with Crippen LogP contribution in [0.3, 0.4) is 0 Å². The lowest BCUT2D eigenvalue weighted by Gasteiger charge is -2.55. The second-order valence-electron chi connectivity index (χ2n) is 11.7. The summed E-state index contributed by atoms with van der Waals surface area (Å²) in [6.45, 7) is 4.47. The van der Waals surface area contributed by atoms with Crippen molar-refractivity contribution in [3.05, 3.63) is 54.6 Å². The third kappa shape index (κ3) is 5.80. The van der Waals surface area contributed by atoms with Gasteiger partial charge in [0.25, 0.3) is 0 Å². The van der Waals surface area contributed by atoms with Crippen molar-refractivity contribution in [3.63, 3.8) is 0 Å². The zero-order valence-corrected chi connectivity index (χ0v) is 23.4. The number of thioether (sulfide) groups is 1. The van der Waals surface area contributed by atoms with Crippen molar-refractivity contribution in [2.45, 2.75) is 76.4 Å². The minimum atomic E-state index is 0. The first-order chi connectivity index (χ1) is 17.4. The Kier molecular flexibility index (Phi) is 7.78. The number of carbonyl (C=O) groups excluding carboxylic acids is 1. The summed E-state index contributed by atoms with van der Waals surface area (Å²) in [6, 6.07) is 17.8. The molecule has 7 rings (SSSR count). The van der Waals surface area contributed by atoms with E-state index in [2.05, 4.69) is 24.1 Å². The average molecular weight is 540 g/mol. The van der Waals surface area contributed by atoms with Gasteiger partial charge in [-0.25, -0.2) is 0 Å². The van der Waals surface area contributed by atoms with E-state index in [0.29, 0.717) is 12.5 Å². The molecule has 5 fully saturated rings. The van der Waals surface area contributed by atoms with Crippen molar-refractivity contribution in [2.75, 3.05) is 11.1 Å². The van der Waals surface area contributed by atoms with E-state index < -0.39 is 0 Å². The number of nitrogens with zero attached hydrogens (tertiary/aromatic N) is 2. The van der Waals surface area contributed by atoms with Crippen LogP contribution in [-0.4, -0.2) is 39.4 Å². The van der Waals surface area contributed by atoms with Crippen LogP contribution in [0.15, 0.2) is 59.6 Å². The summed E-state index contributed by atoms with van der Waals surface area (Å²) in [5.41, 5.74) is 0.968. The van der Waals surface area contributed by atoms with Gasteiger partial charge in [-0.1, -0.05) is 30.0 Å². The van der Waals surface area contributed by atoms with Gasteiger partial charge in [-0.05, 0) is 107 Å². The van der Waals surface area contributed by atoms with Gasteiger partial charge in [-0.3, -0.25) is 9.79 Å². The van der Waals surface area contributed by atoms with Gasteiger partial charge in [0.15, 0.2) is 5.17 Å². The van der Waals surface area contributed by atoms with Crippen LogP contribution in [0.1, 0.15) is 58.8 Å². The zero-order valence-electron chi connectivity index (χ0n) is 21.8. The molecule has 4 aliphatic carbocycles. The molecule has 1 saturated heterocycles. The maximum Gasteiger partial charge on any atom is 0.226 e. The zero-order chi connectivity index (χ0) is 24.7. The molecule has 0 aromatic heterocycles. The topological polar surface area (TPSA) is 53.9 Å². The molecule has 5 aliphatic rings. The number of para-hydroxylation sites is 1. The van der Waals surface area contributed by atoms with E-state index in [4.69, 9.17) is 9.73 Å². The third-order valence-electron chi connectivity index (χ3n) is 8.45. The first kappa shape index (κ1) is 26.4. The number of rotatable bonds is 7. The van der Waals surface area contributed by atoms with Crippen LogP contribution >= 0.6 is 24.2 Å². The highest BCUT2D eigenvalue weighted by atomic mass is 35.5. The fraction of sp³-hybridized carbons (Fsp3) is 0.533. The van der Waals surface area contributed by atoms with Gasteiger partial charge < -0.3 is 15.0 Å². The molecule has 198 valence electrons. The van der Waals surface area contributed by atoms with E-state index in [0.717, 1.165) is 40.7 Å². The first-order valence-corrected chi connectivity index (χ1v) is 14.6. The molecule has 1 atom stereocenters. The highest BCUT2D eigenvalue weighted by Crippen LogP contribution is 2.57. The molecule has 0 spiro atoms. The Morgan fingerprint density at radius 2 is 1.59 bits per heavy atom. The van der Waals surface area contributed by atoms with Crippen molar-refractivity contribution >= 4 is 40.9 Å². The number of benzene rings is 2.